The Hall–Kier alpha value is -3.92. The summed E-state index contributed by atoms with van der Waals surface area (Å²) in [5, 5.41) is 10.3. The summed E-state index contributed by atoms with van der Waals surface area (Å²) in [6, 6.07) is 15.3. The smallest absolute Gasteiger partial charge is 0.247 e. The number of benzene rings is 2. The summed E-state index contributed by atoms with van der Waals surface area (Å²) in [7, 11) is 1.63. The minimum absolute atomic E-state index is 0.0368. The number of fused-ring (bicyclic) bond motifs is 3. The van der Waals surface area contributed by atoms with E-state index in [9.17, 15) is 19.2 Å². The Kier molecular flexibility index (Phi) is 4.31. The Morgan fingerprint density at radius 1 is 1.03 bits per heavy atom. The van der Waals surface area contributed by atoms with Gasteiger partial charge in [0.05, 0.1) is 11.3 Å². The maximum atomic E-state index is 15.0. The van der Waals surface area contributed by atoms with Crippen LogP contribution in [0.1, 0.15) is 32.3 Å². The average Bonchev–Trinajstić information content (AvgIpc) is 2.97. The predicted octanol–water partition coefficient (Wildman–Crippen LogP) is 3.90. The van der Waals surface area contributed by atoms with Gasteiger partial charge in [-0.25, -0.2) is 4.39 Å². The van der Waals surface area contributed by atoms with Crippen molar-refractivity contribution in [3.05, 3.63) is 82.6 Å². The first-order chi connectivity index (χ1) is 15.6. The molecule has 0 aromatic heterocycles. The second kappa shape index (κ2) is 6.79. The molecule has 0 bridgehead atoms. The third kappa shape index (κ3) is 2.58. The van der Waals surface area contributed by atoms with Crippen LogP contribution >= 0.6 is 0 Å². The standard InChI is InChI=1S/C26H23FN4O2/c1-25(2)12-20-22(21(32)13-25)26(15-8-4-6-10-18(15)30(3)24(26)33)16(14-28)23(29)31(20)19-11-7-5-9-17(19)27/h4-11H,12-13,29H2,1-3H3. The molecule has 1 atom stereocenters. The number of Topliss-reactive ketones (excluding diaryl/α,β-unsaturated/α-hetero) is 1. The molecule has 0 saturated carbocycles. The summed E-state index contributed by atoms with van der Waals surface area (Å²) in [5.41, 5.74) is 6.46. The fraction of sp³-hybridized carbons (Fsp3) is 0.269. The van der Waals surface area contributed by atoms with Gasteiger partial charge >= 0.3 is 0 Å². The number of rotatable bonds is 1. The van der Waals surface area contributed by atoms with Crippen LogP contribution in [-0.4, -0.2) is 18.7 Å². The zero-order valence-electron chi connectivity index (χ0n) is 18.6. The van der Waals surface area contributed by atoms with E-state index < -0.39 is 22.6 Å². The Morgan fingerprint density at radius 2 is 1.67 bits per heavy atom. The van der Waals surface area contributed by atoms with E-state index in [1.807, 2.05) is 13.8 Å². The van der Waals surface area contributed by atoms with E-state index >= 15 is 0 Å². The van der Waals surface area contributed by atoms with Crippen molar-refractivity contribution in [3.8, 4) is 6.07 Å². The van der Waals surface area contributed by atoms with Gasteiger partial charge in [-0.1, -0.05) is 44.2 Å². The molecule has 1 spiro atoms. The van der Waals surface area contributed by atoms with Crippen LogP contribution in [-0.2, 0) is 15.0 Å². The lowest BCUT2D eigenvalue weighted by Crippen LogP contribution is -2.53. The van der Waals surface area contributed by atoms with E-state index in [2.05, 4.69) is 6.07 Å². The first kappa shape index (κ1) is 21.0. The highest BCUT2D eigenvalue weighted by Crippen LogP contribution is 2.58. The van der Waals surface area contributed by atoms with Gasteiger partial charge in [0.1, 0.15) is 23.1 Å². The van der Waals surface area contributed by atoms with Crippen molar-refractivity contribution in [2.75, 3.05) is 16.8 Å². The lowest BCUT2D eigenvalue weighted by molar-refractivity contribution is -0.124. The molecule has 1 amide bonds. The molecular formula is C26H23FN4O2. The van der Waals surface area contributed by atoms with Gasteiger partial charge in [0.25, 0.3) is 0 Å². The summed E-state index contributed by atoms with van der Waals surface area (Å²) >= 11 is 0. The molecule has 2 aromatic carbocycles. The second-order valence-electron chi connectivity index (χ2n) is 9.55. The zero-order chi connectivity index (χ0) is 23.7. The summed E-state index contributed by atoms with van der Waals surface area (Å²) in [6.45, 7) is 3.91. The molecule has 2 N–H and O–H groups in total. The highest BCUT2D eigenvalue weighted by Gasteiger charge is 2.62. The number of nitriles is 1. The van der Waals surface area contributed by atoms with Gasteiger partial charge in [-0.05, 0) is 30.0 Å². The average molecular weight is 442 g/mol. The lowest BCUT2D eigenvalue weighted by Gasteiger charge is -2.46. The van der Waals surface area contributed by atoms with E-state index in [4.69, 9.17) is 5.73 Å². The number of carbonyl (C=O) groups is 2. The molecular weight excluding hydrogens is 419 g/mol. The van der Waals surface area contributed by atoms with Crippen molar-refractivity contribution in [2.24, 2.45) is 11.1 Å². The molecule has 0 radical (unpaired) electrons. The molecule has 2 heterocycles. The number of likely N-dealkylation sites (N-methyl/N-ethyl adjacent to an activating group) is 1. The van der Waals surface area contributed by atoms with E-state index in [-0.39, 0.29) is 34.9 Å². The SMILES string of the molecule is CN1C(=O)C2(C(C#N)=C(N)N(c3ccccc3F)C3=C2C(=O)CC(C)(C)C3)c2ccccc21. The molecule has 0 fully saturated rings. The van der Waals surface area contributed by atoms with E-state index in [1.165, 1.54) is 15.9 Å². The number of nitrogens with zero attached hydrogens (tertiary/aromatic N) is 3. The summed E-state index contributed by atoms with van der Waals surface area (Å²) in [4.78, 5) is 30.6. The van der Waals surface area contributed by atoms with E-state index in [1.54, 1.807) is 49.5 Å². The summed E-state index contributed by atoms with van der Waals surface area (Å²) < 4.78 is 15.0. The molecule has 7 heteroatoms. The van der Waals surface area contributed by atoms with Crippen LogP contribution in [0.4, 0.5) is 15.8 Å². The number of halogens is 1. The first-order valence-corrected chi connectivity index (χ1v) is 10.7. The Labute approximate surface area is 191 Å². The molecule has 2 aromatic rings. The molecule has 3 aliphatic rings. The number of allylic oxidation sites excluding steroid dienone is 1. The Morgan fingerprint density at radius 3 is 2.33 bits per heavy atom. The van der Waals surface area contributed by atoms with Crippen LogP contribution in [0.15, 0.2) is 71.2 Å². The molecule has 5 rings (SSSR count). The number of hydrogen-bond donors (Lipinski definition) is 1. The molecule has 6 nitrogen and oxygen atoms in total. The topological polar surface area (TPSA) is 90.4 Å². The van der Waals surface area contributed by atoms with Crippen LogP contribution in [0.5, 0.6) is 0 Å². The number of carbonyl (C=O) groups excluding carboxylic acids is 2. The monoisotopic (exact) mass is 442 g/mol. The van der Waals surface area contributed by atoms with Crippen molar-refractivity contribution in [1.82, 2.24) is 0 Å². The van der Waals surface area contributed by atoms with Crippen molar-refractivity contribution in [2.45, 2.75) is 32.1 Å². The third-order valence-electron chi connectivity index (χ3n) is 6.87. The molecule has 1 unspecified atom stereocenters. The molecule has 166 valence electrons. The van der Waals surface area contributed by atoms with Crippen LogP contribution in [0.3, 0.4) is 0 Å². The number of hydrogen-bond acceptors (Lipinski definition) is 5. The maximum absolute atomic E-state index is 15.0. The second-order valence-corrected chi connectivity index (χ2v) is 9.55. The molecule has 0 saturated heterocycles. The van der Waals surface area contributed by atoms with Gasteiger partial charge in [-0.2, -0.15) is 5.26 Å². The predicted molar refractivity (Wildman–Crippen MR) is 122 cm³/mol. The molecule has 33 heavy (non-hydrogen) atoms. The summed E-state index contributed by atoms with van der Waals surface area (Å²) in [6.07, 6.45) is 0.596. The zero-order valence-corrected chi connectivity index (χ0v) is 18.6. The van der Waals surface area contributed by atoms with Gasteiger partial charge in [-0.3, -0.25) is 14.5 Å². The van der Waals surface area contributed by atoms with Gasteiger partial charge in [0.2, 0.25) is 5.91 Å². The van der Waals surface area contributed by atoms with Crippen molar-refractivity contribution >= 4 is 23.1 Å². The van der Waals surface area contributed by atoms with E-state index in [0.29, 0.717) is 23.4 Å². The van der Waals surface area contributed by atoms with Gasteiger partial charge in [-0.15, -0.1) is 0 Å². The van der Waals surface area contributed by atoms with Crippen molar-refractivity contribution < 1.29 is 14.0 Å². The van der Waals surface area contributed by atoms with Crippen molar-refractivity contribution in [3.63, 3.8) is 0 Å². The fourth-order valence-electron chi connectivity index (χ4n) is 5.57. The maximum Gasteiger partial charge on any atom is 0.247 e. The first-order valence-electron chi connectivity index (χ1n) is 10.7. The van der Waals surface area contributed by atoms with Gasteiger partial charge in [0, 0.05) is 36.0 Å². The summed E-state index contributed by atoms with van der Waals surface area (Å²) in [5.74, 6) is -1.21. The normalized spacial score (nSPS) is 23.7. The molecule has 1 aliphatic carbocycles. The van der Waals surface area contributed by atoms with Crippen molar-refractivity contribution in [1.29, 1.82) is 5.26 Å². The highest BCUT2D eigenvalue weighted by molar-refractivity contribution is 6.20. The number of ketones is 1. The minimum Gasteiger partial charge on any atom is -0.384 e. The molecule has 2 aliphatic heterocycles. The number of nitrogens with two attached hydrogens (primary N) is 1. The van der Waals surface area contributed by atoms with Gasteiger partial charge < -0.3 is 10.6 Å². The van der Waals surface area contributed by atoms with Crippen LogP contribution in [0.2, 0.25) is 0 Å². The quantitative estimate of drug-likeness (QED) is 0.724. The third-order valence-corrected chi connectivity index (χ3v) is 6.87. The number of anilines is 2. The van der Waals surface area contributed by atoms with Crippen LogP contribution in [0.25, 0.3) is 0 Å². The number of para-hydroxylation sites is 2. The number of amides is 1. The lowest BCUT2D eigenvalue weighted by atomic mass is 9.60. The fourth-order valence-corrected chi connectivity index (χ4v) is 5.57. The Bertz CT molecular complexity index is 1350. The van der Waals surface area contributed by atoms with E-state index in [0.717, 1.165) is 0 Å². The Balaban J connectivity index is 1.94. The van der Waals surface area contributed by atoms with Gasteiger partial charge in [0.15, 0.2) is 5.78 Å². The minimum atomic E-state index is -1.64. The largest absolute Gasteiger partial charge is 0.384 e. The van der Waals surface area contributed by atoms with Crippen LogP contribution in [0, 0.1) is 22.6 Å². The highest BCUT2D eigenvalue weighted by atomic mass is 19.1. The van der Waals surface area contributed by atoms with Crippen LogP contribution < -0.4 is 15.5 Å².